The van der Waals surface area contributed by atoms with Crippen LogP contribution in [0.5, 0.6) is 0 Å². The van der Waals surface area contributed by atoms with Crippen LogP contribution in [0.3, 0.4) is 0 Å². The van der Waals surface area contributed by atoms with Gasteiger partial charge in [-0.15, -0.1) is 0 Å². The van der Waals surface area contributed by atoms with E-state index in [1.54, 1.807) is 18.5 Å². The second-order valence-corrected chi connectivity index (χ2v) is 8.68. The van der Waals surface area contributed by atoms with Crippen molar-refractivity contribution < 1.29 is 13.2 Å². The lowest BCUT2D eigenvalue weighted by atomic mass is 10.2. The number of imidazole rings is 1. The molecule has 1 aliphatic rings. The van der Waals surface area contributed by atoms with Crippen LogP contribution in [-0.4, -0.2) is 34.1 Å². The van der Waals surface area contributed by atoms with E-state index in [2.05, 4.69) is 20.0 Å². The molecule has 1 amide bonds. The fourth-order valence-corrected chi connectivity index (χ4v) is 4.12. The van der Waals surface area contributed by atoms with Gasteiger partial charge in [0.15, 0.2) is 0 Å². The molecule has 27 heavy (non-hydrogen) atoms. The van der Waals surface area contributed by atoms with Crippen molar-refractivity contribution in [3.05, 3.63) is 47.8 Å². The molecule has 2 heterocycles. The predicted molar refractivity (Wildman–Crippen MR) is 101 cm³/mol. The third-order valence-electron chi connectivity index (χ3n) is 4.49. The van der Waals surface area contributed by atoms with Crippen LogP contribution >= 0.6 is 0 Å². The Bertz CT molecular complexity index is 890. The quantitative estimate of drug-likeness (QED) is 0.631. The molecule has 0 radical (unpaired) electrons. The first-order valence-electron chi connectivity index (χ1n) is 9.17. The van der Waals surface area contributed by atoms with Gasteiger partial charge in [-0.2, -0.15) is 0 Å². The lowest BCUT2D eigenvalue weighted by Gasteiger charge is -2.09. The Hall–Kier alpha value is -2.26. The van der Waals surface area contributed by atoms with Crippen molar-refractivity contribution in [2.75, 3.05) is 0 Å². The van der Waals surface area contributed by atoms with Gasteiger partial charge in [-0.25, -0.2) is 18.1 Å². The number of amides is 1. The molecule has 8 nitrogen and oxygen atoms in total. The molecule has 1 aliphatic carbocycles. The highest BCUT2D eigenvalue weighted by Crippen LogP contribution is 2.27. The van der Waals surface area contributed by atoms with E-state index in [-0.39, 0.29) is 17.7 Å². The first kappa shape index (κ1) is 19.5. The van der Waals surface area contributed by atoms with Crippen LogP contribution in [0.15, 0.2) is 30.7 Å². The molecule has 2 aromatic rings. The molecule has 2 aromatic heterocycles. The van der Waals surface area contributed by atoms with E-state index in [4.69, 9.17) is 0 Å². The van der Waals surface area contributed by atoms with Gasteiger partial charge in [0, 0.05) is 44.5 Å². The summed E-state index contributed by atoms with van der Waals surface area (Å²) in [5, 5.41) is 2.64. The van der Waals surface area contributed by atoms with Crippen molar-refractivity contribution >= 4 is 15.9 Å². The molecular formula is C18H25N5O3S. The summed E-state index contributed by atoms with van der Waals surface area (Å²) in [7, 11) is -3.23. The van der Waals surface area contributed by atoms with E-state index in [0.717, 1.165) is 30.7 Å². The third kappa shape index (κ3) is 5.61. The van der Waals surface area contributed by atoms with Crippen molar-refractivity contribution in [1.82, 2.24) is 24.6 Å². The first-order valence-corrected chi connectivity index (χ1v) is 10.7. The third-order valence-corrected chi connectivity index (χ3v) is 6.38. The summed E-state index contributed by atoms with van der Waals surface area (Å²) in [5.41, 5.74) is 1.52. The minimum Gasteiger partial charge on any atom is -0.352 e. The van der Waals surface area contributed by atoms with Gasteiger partial charge in [0.05, 0.1) is 17.5 Å². The van der Waals surface area contributed by atoms with Gasteiger partial charge in [0.25, 0.3) is 0 Å². The number of pyridine rings is 1. The Morgan fingerprint density at radius 1 is 1.26 bits per heavy atom. The molecule has 3 rings (SSSR count). The molecule has 9 heteroatoms. The molecule has 0 spiro atoms. The zero-order valence-corrected chi connectivity index (χ0v) is 16.2. The topological polar surface area (TPSA) is 106 Å². The van der Waals surface area contributed by atoms with Crippen molar-refractivity contribution in [1.29, 1.82) is 0 Å². The summed E-state index contributed by atoms with van der Waals surface area (Å²) in [4.78, 5) is 20.5. The highest BCUT2D eigenvalue weighted by atomic mass is 32.2. The fourth-order valence-electron chi connectivity index (χ4n) is 2.77. The van der Waals surface area contributed by atoms with Gasteiger partial charge < -0.3 is 9.88 Å². The SMILES string of the molecule is CCc1nccn1CCC(=O)NCc1ccnc(CNS(=O)(=O)C2CC2)c1. The average molecular weight is 391 g/mol. The molecule has 1 fully saturated rings. The standard InChI is InChI=1S/C18H25N5O3S/c1-2-17-20-8-10-23(17)9-6-18(24)21-12-14-5-7-19-15(11-14)13-22-27(25,26)16-3-4-16/h5,7-8,10-11,16,22H,2-4,6,9,12-13H2,1H3,(H,21,24). The molecular weight excluding hydrogens is 366 g/mol. The predicted octanol–water partition coefficient (Wildman–Crippen LogP) is 1.13. The van der Waals surface area contributed by atoms with Crippen LogP contribution in [-0.2, 0) is 40.9 Å². The minimum absolute atomic E-state index is 0.0430. The molecule has 1 saturated carbocycles. The van der Waals surface area contributed by atoms with Gasteiger partial charge in [0.2, 0.25) is 15.9 Å². The van der Waals surface area contributed by atoms with Gasteiger partial charge >= 0.3 is 0 Å². The highest BCUT2D eigenvalue weighted by Gasteiger charge is 2.35. The molecule has 0 aromatic carbocycles. The number of nitrogens with zero attached hydrogens (tertiary/aromatic N) is 3. The minimum atomic E-state index is -3.23. The Morgan fingerprint density at radius 3 is 2.81 bits per heavy atom. The van der Waals surface area contributed by atoms with Crippen molar-refractivity contribution in [3.8, 4) is 0 Å². The Balaban J connectivity index is 1.45. The van der Waals surface area contributed by atoms with Crippen molar-refractivity contribution in [2.24, 2.45) is 0 Å². The molecule has 0 saturated heterocycles. The monoisotopic (exact) mass is 391 g/mol. The normalized spacial score (nSPS) is 14.3. The maximum atomic E-state index is 12.1. The zero-order valence-electron chi connectivity index (χ0n) is 15.4. The maximum Gasteiger partial charge on any atom is 0.222 e. The second kappa shape index (κ2) is 8.62. The van der Waals surface area contributed by atoms with Gasteiger partial charge in [-0.05, 0) is 30.5 Å². The molecule has 146 valence electrons. The van der Waals surface area contributed by atoms with E-state index < -0.39 is 10.0 Å². The van der Waals surface area contributed by atoms with Crippen LogP contribution in [0.25, 0.3) is 0 Å². The van der Waals surface area contributed by atoms with Crippen molar-refractivity contribution in [3.63, 3.8) is 0 Å². The van der Waals surface area contributed by atoms with Gasteiger partial charge in [0.1, 0.15) is 5.82 Å². The van der Waals surface area contributed by atoms with Crippen LogP contribution in [0.1, 0.15) is 43.3 Å². The summed E-state index contributed by atoms with van der Waals surface area (Å²) in [5.74, 6) is 0.925. The van der Waals surface area contributed by atoms with Crippen molar-refractivity contribution in [2.45, 2.75) is 57.5 Å². The highest BCUT2D eigenvalue weighted by molar-refractivity contribution is 7.90. The van der Waals surface area contributed by atoms with Gasteiger partial charge in [-0.3, -0.25) is 9.78 Å². The Morgan fingerprint density at radius 2 is 2.07 bits per heavy atom. The summed E-state index contributed by atoms with van der Waals surface area (Å²) in [6.45, 7) is 3.18. The van der Waals surface area contributed by atoms with E-state index in [9.17, 15) is 13.2 Å². The van der Waals surface area contributed by atoms with E-state index in [1.165, 1.54) is 0 Å². The average Bonchev–Trinajstić information content (AvgIpc) is 3.43. The van der Waals surface area contributed by atoms with Gasteiger partial charge in [-0.1, -0.05) is 6.92 Å². The number of rotatable bonds is 10. The lowest BCUT2D eigenvalue weighted by Crippen LogP contribution is -2.27. The Labute approximate surface area is 159 Å². The second-order valence-electron chi connectivity index (χ2n) is 6.64. The Kier molecular flexibility index (Phi) is 6.22. The van der Waals surface area contributed by atoms with Crippen LogP contribution in [0.2, 0.25) is 0 Å². The lowest BCUT2D eigenvalue weighted by molar-refractivity contribution is -0.121. The number of hydrogen-bond acceptors (Lipinski definition) is 5. The number of nitrogens with one attached hydrogen (secondary N) is 2. The molecule has 2 N–H and O–H groups in total. The molecule has 0 aliphatic heterocycles. The number of carbonyl (C=O) groups is 1. The van der Waals surface area contributed by atoms with E-state index in [0.29, 0.717) is 25.2 Å². The van der Waals surface area contributed by atoms with Crippen LogP contribution in [0, 0.1) is 0 Å². The summed E-state index contributed by atoms with van der Waals surface area (Å²) >= 11 is 0. The van der Waals surface area contributed by atoms with E-state index >= 15 is 0 Å². The number of aryl methyl sites for hydroxylation is 2. The zero-order chi connectivity index (χ0) is 19.3. The summed E-state index contributed by atoms with van der Waals surface area (Å²) in [6.07, 6.45) is 7.92. The summed E-state index contributed by atoms with van der Waals surface area (Å²) in [6, 6.07) is 3.62. The number of carbonyl (C=O) groups excluding carboxylic acids is 1. The molecule has 0 atom stereocenters. The molecule has 0 unspecified atom stereocenters. The number of sulfonamides is 1. The largest absolute Gasteiger partial charge is 0.352 e. The number of aromatic nitrogens is 3. The van der Waals surface area contributed by atoms with E-state index in [1.807, 2.05) is 23.8 Å². The number of hydrogen-bond donors (Lipinski definition) is 2. The van der Waals surface area contributed by atoms with Crippen LogP contribution < -0.4 is 10.0 Å². The maximum absolute atomic E-state index is 12.1. The smallest absolute Gasteiger partial charge is 0.222 e. The fraction of sp³-hybridized carbons (Fsp3) is 0.500. The molecule has 0 bridgehead atoms. The van der Waals surface area contributed by atoms with Crippen LogP contribution in [0.4, 0.5) is 0 Å². The first-order chi connectivity index (χ1) is 13.0. The summed E-state index contributed by atoms with van der Waals surface area (Å²) < 4.78 is 28.3.